The van der Waals surface area contributed by atoms with E-state index in [9.17, 15) is 4.79 Å². The van der Waals surface area contributed by atoms with E-state index >= 15 is 0 Å². The Bertz CT molecular complexity index is 895. The second-order valence-corrected chi connectivity index (χ2v) is 6.31. The molecule has 0 bridgehead atoms. The van der Waals surface area contributed by atoms with Crippen molar-refractivity contribution in [1.29, 1.82) is 0 Å². The summed E-state index contributed by atoms with van der Waals surface area (Å²) < 4.78 is 10.7. The van der Waals surface area contributed by atoms with Gasteiger partial charge in [-0.05, 0) is 55.3 Å². The molecule has 1 aromatic heterocycles. The minimum atomic E-state index is -0.0451. The molecule has 3 aromatic rings. The Morgan fingerprint density at radius 3 is 2.52 bits per heavy atom. The van der Waals surface area contributed by atoms with Crippen molar-refractivity contribution in [2.45, 2.75) is 26.2 Å². The molecule has 8 heteroatoms. The lowest BCUT2D eigenvalue weighted by molar-refractivity contribution is -0.121. The molecule has 154 valence electrons. The van der Waals surface area contributed by atoms with Crippen LogP contribution in [0, 0.1) is 0 Å². The van der Waals surface area contributed by atoms with Crippen molar-refractivity contribution >= 4 is 24.0 Å². The van der Waals surface area contributed by atoms with E-state index < -0.39 is 0 Å². The van der Waals surface area contributed by atoms with Gasteiger partial charge < -0.3 is 20.3 Å². The van der Waals surface area contributed by atoms with Gasteiger partial charge in [-0.2, -0.15) is 4.98 Å². The van der Waals surface area contributed by atoms with Crippen LogP contribution in [-0.4, -0.2) is 29.2 Å². The number of aromatic nitrogens is 2. The first kappa shape index (κ1) is 22.2. The molecule has 0 saturated carbocycles. The number of nitrogens with zero attached hydrogens (tertiary/aromatic N) is 2. The monoisotopic (exact) mass is 416 g/mol. The van der Waals surface area contributed by atoms with Gasteiger partial charge in [0.05, 0.1) is 6.61 Å². The van der Waals surface area contributed by atoms with Gasteiger partial charge in [0.2, 0.25) is 17.6 Å². The first-order valence-electron chi connectivity index (χ1n) is 9.31. The lowest BCUT2D eigenvalue weighted by atomic mass is 10.1. The van der Waals surface area contributed by atoms with E-state index in [0.29, 0.717) is 37.7 Å². The Labute approximate surface area is 176 Å². The van der Waals surface area contributed by atoms with Crippen molar-refractivity contribution in [3.63, 3.8) is 0 Å². The van der Waals surface area contributed by atoms with Crippen LogP contribution in [0.3, 0.4) is 0 Å². The molecule has 0 unspecified atom stereocenters. The van der Waals surface area contributed by atoms with Crippen molar-refractivity contribution in [1.82, 2.24) is 15.5 Å². The standard InChI is InChI=1S/C21H24N4O3.ClH/c1-2-27-18-9-5-16(6-10-18)21-24-20(28-25-21)12-11-19(26)23-14-13-15-3-7-17(22)8-4-15;/h3-10H,2,11-14,22H2,1H3,(H,23,26);1H. The Morgan fingerprint density at radius 2 is 1.83 bits per heavy atom. The number of nitrogens with one attached hydrogen (secondary N) is 1. The number of benzene rings is 2. The number of halogens is 1. The normalized spacial score (nSPS) is 10.2. The highest BCUT2D eigenvalue weighted by Crippen LogP contribution is 2.20. The number of nitrogen functional groups attached to an aromatic ring is 1. The fraction of sp³-hybridized carbons (Fsp3) is 0.286. The van der Waals surface area contributed by atoms with Gasteiger partial charge in [-0.15, -0.1) is 12.4 Å². The van der Waals surface area contributed by atoms with Crippen LogP contribution >= 0.6 is 12.4 Å². The van der Waals surface area contributed by atoms with Gasteiger partial charge in [0, 0.05) is 30.6 Å². The van der Waals surface area contributed by atoms with E-state index in [1.54, 1.807) is 0 Å². The zero-order chi connectivity index (χ0) is 19.8. The molecule has 3 N–H and O–H groups in total. The third kappa shape index (κ3) is 6.80. The second-order valence-electron chi connectivity index (χ2n) is 6.31. The molecule has 7 nitrogen and oxygen atoms in total. The summed E-state index contributed by atoms with van der Waals surface area (Å²) in [5, 5.41) is 6.88. The van der Waals surface area contributed by atoms with Gasteiger partial charge in [0.1, 0.15) is 5.75 Å². The maximum absolute atomic E-state index is 12.0. The van der Waals surface area contributed by atoms with Gasteiger partial charge in [0.15, 0.2) is 0 Å². The van der Waals surface area contributed by atoms with E-state index in [-0.39, 0.29) is 18.3 Å². The fourth-order valence-electron chi connectivity index (χ4n) is 2.68. The van der Waals surface area contributed by atoms with E-state index in [0.717, 1.165) is 29.0 Å². The highest BCUT2D eigenvalue weighted by atomic mass is 35.5. The lowest BCUT2D eigenvalue weighted by Crippen LogP contribution is -2.25. The van der Waals surface area contributed by atoms with E-state index in [1.165, 1.54) is 0 Å². The van der Waals surface area contributed by atoms with Crippen LogP contribution in [0.2, 0.25) is 0 Å². The van der Waals surface area contributed by atoms with Crippen LogP contribution in [-0.2, 0) is 17.6 Å². The zero-order valence-electron chi connectivity index (χ0n) is 16.3. The summed E-state index contributed by atoms with van der Waals surface area (Å²) in [5.41, 5.74) is 8.36. The van der Waals surface area contributed by atoms with Crippen molar-refractivity contribution in [2.75, 3.05) is 18.9 Å². The molecule has 3 rings (SSSR count). The molecule has 0 fully saturated rings. The van der Waals surface area contributed by atoms with Gasteiger partial charge in [-0.1, -0.05) is 17.3 Å². The minimum Gasteiger partial charge on any atom is -0.494 e. The average Bonchev–Trinajstić information content (AvgIpc) is 3.18. The number of aryl methyl sites for hydroxylation is 1. The summed E-state index contributed by atoms with van der Waals surface area (Å²) >= 11 is 0. The second kappa shape index (κ2) is 11.1. The van der Waals surface area contributed by atoms with Crippen molar-refractivity contribution in [3.8, 4) is 17.1 Å². The first-order valence-corrected chi connectivity index (χ1v) is 9.31. The number of hydrogen-bond donors (Lipinski definition) is 2. The molecule has 1 heterocycles. The maximum Gasteiger partial charge on any atom is 0.227 e. The highest BCUT2D eigenvalue weighted by molar-refractivity contribution is 5.85. The maximum atomic E-state index is 12.0. The molecule has 0 saturated heterocycles. The van der Waals surface area contributed by atoms with Gasteiger partial charge in [0.25, 0.3) is 0 Å². The molecule has 0 atom stereocenters. The molecular weight excluding hydrogens is 392 g/mol. The fourth-order valence-corrected chi connectivity index (χ4v) is 2.68. The number of nitrogens with two attached hydrogens (primary N) is 1. The molecule has 0 aliphatic carbocycles. The van der Waals surface area contributed by atoms with Crippen LogP contribution < -0.4 is 15.8 Å². The SMILES string of the molecule is CCOc1ccc(-c2noc(CCC(=O)NCCc3ccc(N)cc3)n2)cc1.Cl. The zero-order valence-corrected chi connectivity index (χ0v) is 17.1. The molecular formula is C21H25ClN4O3. The lowest BCUT2D eigenvalue weighted by Gasteiger charge is -2.04. The number of ether oxygens (including phenoxy) is 1. The molecule has 0 radical (unpaired) electrons. The van der Waals surface area contributed by atoms with Crippen molar-refractivity contribution < 1.29 is 14.1 Å². The summed E-state index contributed by atoms with van der Waals surface area (Å²) in [7, 11) is 0. The van der Waals surface area contributed by atoms with Crippen LogP contribution in [0.5, 0.6) is 5.75 Å². The summed E-state index contributed by atoms with van der Waals surface area (Å²) in [4.78, 5) is 16.4. The van der Waals surface area contributed by atoms with E-state index in [2.05, 4.69) is 15.5 Å². The predicted octanol–water partition coefficient (Wildman–Crippen LogP) is 3.43. The number of anilines is 1. The summed E-state index contributed by atoms with van der Waals surface area (Å²) in [6, 6.07) is 15.1. The van der Waals surface area contributed by atoms with Crippen molar-refractivity contribution in [3.05, 3.63) is 60.0 Å². The number of hydrogen-bond acceptors (Lipinski definition) is 6. The van der Waals surface area contributed by atoms with Gasteiger partial charge in [-0.3, -0.25) is 4.79 Å². The average molecular weight is 417 g/mol. The van der Waals surface area contributed by atoms with Crippen LogP contribution in [0.1, 0.15) is 24.8 Å². The number of carbonyl (C=O) groups excluding carboxylic acids is 1. The topological polar surface area (TPSA) is 103 Å². The summed E-state index contributed by atoms with van der Waals surface area (Å²) in [5.74, 6) is 1.70. The predicted molar refractivity (Wildman–Crippen MR) is 114 cm³/mol. The van der Waals surface area contributed by atoms with Gasteiger partial charge in [-0.25, -0.2) is 0 Å². The molecule has 0 spiro atoms. The molecule has 29 heavy (non-hydrogen) atoms. The van der Waals surface area contributed by atoms with Crippen LogP contribution in [0.15, 0.2) is 53.1 Å². The first-order chi connectivity index (χ1) is 13.6. The number of carbonyl (C=O) groups is 1. The Kier molecular flexibility index (Phi) is 8.48. The molecule has 0 aliphatic heterocycles. The van der Waals surface area contributed by atoms with Crippen molar-refractivity contribution in [2.24, 2.45) is 0 Å². The molecule has 2 aromatic carbocycles. The van der Waals surface area contributed by atoms with Gasteiger partial charge >= 0.3 is 0 Å². The summed E-state index contributed by atoms with van der Waals surface area (Å²) in [6.07, 6.45) is 1.46. The smallest absolute Gasteiger partial charge is 0.227 e. The number of rotatable bonds is 9. The Hall–Kier alpha value is -3.06. The summed E-state index contributed by atoms with van der Waals surface area (Å²) in [6.45, 7) is 3.13. The van der Waals surface area contributed by atoms with E-state index in [1.807, 2.05) is 55.5 Å². The quantitative estimate of drug-likeness (QED) is 0.518. The molecule has 0 aliphatic rings. The Morgan fingerprint density at radius 1 is 1.10 bits per heavy atom. The minimum absolute atomic E-state index is 0. The van der Waals surface area contributed by atoms with Crippen LogP contribution in [0.25, 0.3) is 11.4 Å². The number of amides is 1. The third-order valence-corrected chi connectivity index (χ3v) is 4.17. The van der Waals surface area contributed by atoms with Crippen LogP contribution in [0.4, 0.5) is 5.69 Å². The molecule has 1 amide bonds. The third-order valence-electron chi connectivity index (χ3n) is 4.17. The van der Waals surface area contributed by atoms with E-state index in [4.69, 9.17) is 15.0 Å². The highest BCUT2D eigenvalue weighted by Gasteiger charge is 2.11. The Balaban J connectivity index is 0.00000300. The largest absolute Gasteiger partial charge is 0.494 e.